The molecule has 2 saturated heterocycles. The number of urea groups is 1. The molecule has 3 aliphatic rings. The topological polar surface area (TPSA) is 45.2 Å². The third kappa shape index (κ3) is 4.54. The smallest absolute Gasteiger partial charge is 0.321 e. The number of rotatable bonds is 7. The van der Waals surface area contributed by atoms with E-state index in [1.54, 1.807) is 7.11 Å². The summed E-state index contributed by atoms with van der Waals surface area (Å²) in [7, 11) is 6.08. The van der Waals surface area contributed by atoms with Crippen LogP contribution in [0.5, 0.6) is 5.75 Å². The van der Waals surface area contributed by atoms with Gasteiger partial charge in [0.1, 0.15) is 5.75 Å². The SMILES string of the molecule is COc1ccc(CN2C[C@]3(CC[C@](c4ccccc4)(N(C)C)CC3)N(CC3CCCO3)C2=O)cc1. The molecule has 1 spiro atoms. The van der Waals surface area contributed by atoms with Crippen LogP contribution in [0.1, 0.15) is 49.7 Å². The lowest BCUT2D eigenvalue weighted by Gasteiger charge is -2.51. The zero-order valence-electron chi connectivity index (χ0n) is 21.4. The molecule has 6 nitrogen and oxygen atoms in total. The van der Waals surface area contributed by atoms with Gasteiger partial charge in [0.2, 0.25) is 0 Å². The molecule has 2 aromatic carbocycles. The fourth-order valence-electron chi connectivity index (χ4n) is 6.52. The number of methoxy groups -OCH3 is 1. The maximum atomic E-state index is 13.8. The normalized spacial score (nSPS) is 28.9. The van der Waals surface area contributed by atoms with Gasteiger partial charge < -0.3 is 19.3 Å². The molecule has 0 N–H and O–H groups in total. The van der Waals surface area contributed by atoms with Crippen LogP contribution in [0.2, 0.25) is 0 Å². The van der Waals surface area contributed by atoms with Crippen LogP contribution in [-0.2, 0) is 16.8 Å². The van der Waals surface area contributed by atoms with Crippen molar-refractivity contribution in [1.82, 2.24) is 14.7 Å². The molecule has 2 aromatic rings. The molecule has 1 aliphatic carbocycles. The molecule has 2 amide bonds. The highest BCUT2D eigenvalue weighted by molar-refractivity contribution is 5.78. The van der Waals surface area contributed by atoms with Gasteiger partial charge in [0.05, 0.1) is 18.8 Å². The standard InChI is InChI=1S/C29H39N3O3/c1-30(2)29(24-8-5-4-6-9-24)17-15-28(16-18-29)22-31(20-23-11-13-25(34-3)14-12-23)27(33)32(28)21-26-10-7-19-35-26/h4-6,8-9,11-14,26H,7,10,15-22H2,1-3H3/t26?,28-,29+. The van der Waals surface area contributed by atoms with Crippen molar-refractivity contribution in [3.8, 4) is 5.75 Å². The number of nitrogens with zero attached hydrogens (tertiary/aromatic N) is 3. The predicted molar refractivity (Wildman–Crippen MR) is 137 cm³/mol. The van der Waals surface area contributed by atoms with Gasteiger partial charge in [-0.3, -0.25) is 4.90 Å². The van der Waals surface area contributed by atoms with Crippen molar-refractivity contribution >= 4 is 6.03 Å². The average Bonchev–Trinajstić information content (AvgIpc) is 3.49. The fraction of sp³-hybridized carbons (Fsp3) is 0.552. The molecule has 188 valence electrons. The lowest BCUT2D eigenvalue weighted by molar-refractivity contribution is 0.00432. The van der Waals surface area contributed by atoms with Gasteiger partial charge in [-0.1, -0.05) is 42.5 Å². The number of hydrogen-bond acceptors (Lipinski definition) is 4. The molecule has 2 aliphatic heterocycles. The highest BCUT2D eigenvalue weighted by atomic mass is 16.5. The number of carbonyl (C=O) groups is 1. The monoisotopic (exact) mass is 477 g/mol. The molecule has 3 fully saturated rings. The Labute approximate surface area is 209 Å². The highest BCUT2D eigenvalue weighted by Crippen LogP contribution is 2.49. The second-order valence-corrected chi connectivity index (χ2v) is 10.7. The van der Waals surface area contributed by atoms with Gasteiger partial charge in [-0.15, -0.1) is 0 Å². The minimum Gasteiger partial charge on any atom is -0.497 e. The molecule has 1 atom stereocenters. The second-order valence-electron chi connectivity index (χ2n) is 10.7. The summed E-state index contributed by atoms with van der Waals surface area (Å²) < 4.78 is 11.3. The summed E-state index contributed by atoms with van der Waals surface area (Å²) in [5, 5.41) is 0. The summed E-state index contributed by atoms with van der Waals surface area (Å²) in [4.78, 5) is 20.5. The zero-order chi connectivity index (χ0) is 24.5. The van der Waals surface area contributed by atoms with Crippen LogP contribution in [0.15, 0.2) is 54.6 Å². The Morgan fingerprint density at radius 2 is 1.74 bits per heavy atom. The largest absolute Gasteiger partial charge is 0.497 e. The Kier molecular flexibility index (Phi) is 6.78. The first-order valence-corrected chi connectivity index (χ1v) is 13.0. The van der Waals surface area contributed by atoms with Crippen LogP contribution in [-0.4, -0.2) is 73.3 Å². The Morgan fingerprint density at radius 1 is 1.03 bits per heavy atom. The molecule has 6 heteroatoms. The summed E-state index contributed by atoms with van der Waals surface area (Å²) in [6, 6.07) is 19.1. The molecular formula is C29H39N3O3. The summed E-state index contributed by atoms with van der Waals surface area (Å²) >= 11 is 0. The Balaban J connectivity index is 1.39. The van der Waals surface area contributed by atoms with Crippen molar-refractivity contribution in [1.29, 1.82) is 0 Å². The van der Waals surface area contributed by atoms with Gasteiger partial charge in [-0.05, 0) is 75.9 Å². The summed E-state index contributed by atoms with van der Waals surface area (Å²) in [5.41, 5.74) is 2.39. The third-order valence-electron chi connectivity index (χ3n) is 8.68. The van der Waals surface area contributed by atoms with E-state index < -0.39 is 0 Å². The van der Waals surface area contributed by atoms with E-state index in [2.05, 4.69) is 71.3 Å². The van der Waals surface area contributed by atoms with Crippen molar-refractivity contribution in [3.63, 3.8) is 0 Å². The van der Waals surface area contributed by atoms with Crippen LogP contribution in [0.25, 0.3) is 0 Å². The molecule has 0 radical (unpaired) electrons. The quantitative estimate of drug-likeness (QED) is 0.570. The third-order valence-corrected chi connectivity index (χ3v) is 8.68. The van der Waals surface area contributed by atoms with Crippen molar-refractivity contribution in [2.45, 2.75) is 62.3 Å². The lowest BCUT2D eigenvalue weighted by Crippen LogP contribution is -2.56. The molecule has 1 saturated carbocycles. The number of benzene rings is 2. The van der Waals surface area contributed by atoms with Gasteiger partial charge in [0.15, 0.2) is 0 Å². The minimum absolute atomic E-state index is 0.00842. The Bertz CT molecular complexity index is 994. The predicted octanol–water partition coefficient (Wildman–Crippen LogP) is 4.88. The van der Waals surface area contributed by atoms with Gasteiger partial charge in [-0.2, -0.15) is 0 Å². The van der Waals surface area contributed by atoms with Crippen molar-refractivity contribution in [3.05, 3.63) is 65.7 Å². The Morgan fingerprint density at radius 3 is 2.34 bits per heavy atom. The van der Waals surface area contributed by atoms with E-state index in [9.17, 15) is 4.79 Å². The van der Waals surface area contributed by atoms with E-state index in [0.29, 0.717) is 13.1 Å². The first kappa shape index (κ1) is 24.1. The molecule has 1 unspecified atom stereocenters. The van der Waals surface area contributed by atoms with Crippen LogP contribution < -0.4 is 4.74 Å². The Hall–Kier alpha value is -2.57. The van der Waals surface area contributed by atoms with Crippen molar-refractivity contribution in [2.24, 2.45) is 0 Å². The average molecular weight is 478 g/mol. The second kappa shape index (κ2) is 9.82. The molecule has 35 heavy (non-hydrogen) atoms. The number of amides is 2. The molecule has 0 bridgehead atoms. The fourth-order valence-corrected chi connectivity index (χ4v) is 6.52. The number of hydrogen-bond donors (Lipinski definition) is 0. The lowest BCUT2D eigenvalue weighted by atomic mass is 9.68. The van der Waals surface area contributed by atoms with E-state index in [4.69, 9.17) is 9.47 Å². The van der Waals surface area contributed by atoms with E-state index in [-0.39, 0.29) is 23.2 Å². The minimum atomic E-state index is -0.135. The molecule has 0 aromatic heterocycles. The van der Waals surface area contributed by atoms with Gasteiger partial charge in [0.25, 0.3) is 0 Å². The first-order chi connectivity index (χ1) is 17.0. The van der Waals surface area contributed by atoms with Crippen LogP contribution >= 0.6 is 0 Å². The van der Waals surface area contributed by atoms with Gasteiger partial charge in [-0.25, -0.2) is 4.79 Å². The maximum Gasteiger partial charge on any atom is 0.321 e. The van der Waals surface area contributed by atoms with E-state index >= 15 is 0 Å². The number of ether oxygens (including phenoxy) is 2. The summed E-state index contributed by atoms with van der Waals surface area (Å²) in [5.74, 6) is 0.839. The first-order valence-electron chi connectivity index (χ1n) is 13.0. The van der Waals surface area contributed by atoms with Crippen molar-refractivity contribution in [2.75, 3.05) is 40.9 Å². The maximum absolute atomic E-state index is 13.8. The van der Waals surface area contributed by atoms with Crippen LogP contribution in [0.4, 0.5) is 4.79 Å². The zero-order valence-corrected chi connectivity index (χ0v) is 21.4. The van der Waals surface area contributed by atoms with Crippen molar-refractivity contribution < 1.29 is 14.3 Å². The van der Waals surface area contributed by atoms with Gasteiger partial charge >= 0.3 is 6.03 Å². The molecule has 5 rings (SSSR count). The van der Waals surface area contributed by atoms with E-state index in [1.807, 2.05) is 12.1 Å². The molecular weight excluding hydrogens is 438 g/mol. The van der Waals surface area contributed by atoms with E-state index in [1.165, 1.54) is 5.56 Å². The van der Waals surface area contributed by atoms with Crippen LogP contribution in [0.3, 0.4) is 0 Å². The van der Waals surface area contributed by atoms with Gasteiger partial charge in [0, 0.05) is 31.8 Å². The van der Waals surface area contributed by atoms with Crippen LogP contribution in [0, 0.1) is 0 Å². The molecule has 2 heterocycles. The highest BCUT2D eigenvalue weighted by Gasteiger charge is 2.54. The summed E-state index contributed by atoms with van der Waals surface area (Å²) in [6.07, 6.45) is 6.36. The van der Waals surface area contributed by atoms with E-state index in [0.717, 1.165) is 63.0 Å². The number of carbonyl (C=O) groups excluding carboxylic acids is 1. The summed E-state index contributed by atoms with van der Waals surface area (Å²) in [6.45, 7) is 2.93.